The van der Waals surface area contributed by atoms with Crippen LogP contribution in [0.5, 0.6) is 0 Å². The van der Waals surface area contributed by atoms with E-state index in [1.165, 1.54) is 22.3 Å². The van der Waals surface area contributed by atoms with E-state index in [0.717, 1.165) is 17.3 Å². The highest BCUT2D eigenvalue weighted by Gasteiger charge is 2.10. The van der Waals surface area contributed by atoms with E-state index < -0.39 is 0 Å². The van der Waals surface area contributed by atoms with Gasteiger partial charge >= 0.3 is 0 Å². The van der Waals surface area contributed by atoms with E-state index in [4.69, 9.17) is 16.6 Å². The van der Waals surface area contributed by atoms with Crippen LogP contribution < -0.4 is 5.32 Å². The van der Waals surface area contributed by atoms with Crippen molar-refractivity contribution < 1.29 is 0 Å². The lowest BCUT2D eigenvalue weighted by atomic mass is 10.1. The van der Waals surface area contributed by atoms with Gasteiger partial charge in [0.25, 0.3) is 0 Å². The second-order valence-corrected chi connectivity index (χ2v) is 7.89. The maximum atomic E-state index is 6.12. The zero-order chi connectivity index (χ0) is 20.9. The predicted octanol–water partition coefficient (Wildman–Crippen LogP) is 6.07. The highest BCUT2D eigenvalue weighted by molar-refractivity contribution is 6.30. The third-order valence-corrected chi connectivity index (χ3v) is 4.93. The molecule has 30 heavy (non-hydrogen) atoms. The molecule has 0 unspecified atom stereocenters. The number of nitrogens with one attached hydrogen (secondary N) is 1. The van der Waals surface area contributed by atoms with Crippen molar-refractivity contribution >= 4 is 23.2 Å². The number of benzene rings is 3. The Morgan fingerprint density at radius 2 is 1.27 bits per heavy atom. The van der Waals surface area contributed by atoms with Crippen molar-refractivity contribution in [3.63, 3.8) is 0 Å². The molecule has 0 bridgehead atoms. The molecule has 5 heteroatoms. The van der Waals surface area contributed by atoms with Crippen LogP contribution in [0.4, 0.5) is 11.6 Å². The number of rotatable bonds is 6. The molecule has 3 aromatic carbocycles. The Hall–Kier alpha value is -3.24. The van der Waals surface area contributed by atoms with Gasteiger partial charge in [-0.25, -0.2) is 4.98 Å². The molecule has 4 rings (SSSR count). The minimum absolute atomic E-state index is 0.526. The lowest BCUT2D eigenvalue weighted by Crippen LogP contribution is -2.09. The summed E-state index contributed by atoms with van der Waals surface area (Å²) in [5, 5.41) is 3.93. The van der Waals surface area contributed by atoms with Crippen LogP contribution in [-0.2, 0) is 12.8 Å². The third kappa shape index (κ3) is 5.43. The minimum atomic E-state index is 0.526. The summed E-state index contributed by atoms with van der Waals surface area (Å²) in [4.78, 5) is 14.1. The van der Waals surface area contributed by atoms with Gasteiger partial charge in [-0.1, -0.05) is 77.3 Å². The van der Waals surface area contributed by atoms with Gasteiger partial charge in [0.05, 0.1) is 0 Å². The van der Waals surface area contributed by atoms with Gasteiger partial charge in [-0.2, -0.15) is 9.97 Å². The monoisotopic (exact) mass is 414 g/mol. The van der Waals surface area contributed by atoms with Crippen molar-refractivity contribution in [2.45, 2.75) is 26.7 Å². The van der Waals surface area contributed by atoms with Crippen LogP contribution in [-0.4, -0.2) is 15.0 Å². The van der Waals surface area contributed by atoms with Crippen molar-refractivity contribution in [3.05, 3.63) is 112 Å². The first-order valence-electron chi connectivity index (χ1n) is 9.91. The van der Waals surface area contributed by atoms with Crippen LogP contribution in [0.2, 0.25) is 5.02 Å². The first kappa shape index (κ1) is 20.0. The maximum Gasteiger partial charge on any atom is 0.230 e. The summed E-state index contributed by atoms with van der Waals surface area (Å²) in [5.41, 5.74) is 5.64. The van der Waals surface area contributed by atoms with E-state index in [0.29, 0.717) is 23.8 Å². The Morgan fingerprint density at radius 3 is 1.80 bits per heavy atom. The van der Waals surface area contributed by atoms with Gasteiger partial charge in [-0.15, -0.1) is 0 Å². The van der Waals surface area contributed by atoms with Crippen molar-refractivity contribution in [2.24, 2.45) is 0 Å². The number of aryl methyl sites for hydroxylation is 2. The fourth-order valence-electron chi connectivity index (χ4n) is 3.39. The number of nitrogens with zero attached hydrogens (tertiary/aromatic N) is 3. The Balaban J connectivity index is 1.67. The zero-order valence-electron chi connectivity index (χ0n) is 17.1. The molecule has 1 aromatic heterocycles. The van der Waals surface area contributed by atoms with Gasteiger partial charge in [-0.05, 0) is 43.2 Å². The van der Waals surface area contributed by atoms with Gasteiger partial charge < -0.3 is 5.32 Å². The Morgan fingerprint density at radius 1 is 0.700 bits per heavy atom. The fourth-order valence-corrected chi connectivity index (χ4v) is 3.58. The van der Waals surface area contributed by atoms with E-state index in [1.807, 2.05) is 24.3 Å². The molecule has 1 heterocycles. The van der Waals surface area contributed by atoms with Crippen LogP contribution in [0.15, 0.2) is 72.8 Å². The third-order valence-electron chi connectivity index (χ3n) is 4.70. The SMILES string of the molecule is Cc1cccc(Cc2nc(Cc3cccc(C)c3)nc(Nc3cccc(Cl)c3)n2)c1. The average molecular weight is 415 g/mol. The summed E-state index contributed by atoms with van der Waals surface area (Å²) in [6.07, 6.45) is 1.30. The largest absolute Gasteiger partial charge is 0.324 e. The molecule has 0 aliphatic heterocycles. The van der Waals surface area contributed by atoms with E-state index >= 15 is 0 Å². The number of anilines is 2. The van der Waals surface area contributed by atoms with Crippen molar-refractivity contribution in [2.75, 3.05) is 5.32 Å². The Kier molecular flexibility index (Phi) is 6.05. The summed E-state index contributed by atoms with van der Waals surface area (Å²) in [5.74, 6) is 2.00. The van der Waals surface area contributed by atoms with Crippen molar-refractivity contribution in [1.29, 1.82) is 0 Å². The second kappa shape index (κ2) is 9.06. The lowest BCUT2D eigenvalue weighted by Gasteiger charge is -2.10. The molecule has 0 atom stereocenters. The number of halogens is 1. The smallest absolute Gasteiger partial charge is 0.230 e. The fraction of sp³-hybridized carbons (Fsp3) is 0.160. The number of hydrogen-bond donors (Lipinski definition) is 1. The van der Waals surface area contributed by atoms with Crippen LogP contribution in [0.3, 0.4) is 0 Å². The van der Waals surface area contributed by atoms with Gasteiger partial charge in [0.1, 0.15) is 11.6 Å². The molecule has 4 nitrogen and oxygen atoms in total. The number of hydrogen-bond acceptors (Lipinski definition) is 4. The Bertz CT molecular complexity index is 1010. The molecule has 0 amide bonds. The molecule has 0 fully saturated rings. The van der Waals surface area contributed by atoms with E-state index in [1.54, 1.807) is 0 Å². The van der Waals surface area contributed by atoms with Crippen molar-refractivity contribution in [3.8, 4) is 0 Å². The summed E-state index contributed by atoms with van der Waals surface area (Å²) >= 11 is 6.12. The molecule has 150 valence electrons. The minimum Gasteiger partial charge on any atom is -0.324 e. The maximum absolute atomic E-state index is 6.12. The lowest BCUT2D eigenvalue weighted by molar-refractivity contribution is 0.855. The molecule has 0 saturated carbocycles. The molecule has 1 N–H and O–H groups in total. The molecule has 4 aromatic rings. The normalized spacial score (nSPS) is 10.8. The summed E-state index contributed by atoms with van der Waals surface area (Å²) in [6, 6.07) is 24.3. The standard InChI is InChI=1S/C25H23ClN4/c1-17-6-3-8-19(12-17)14-23-28-24(15-20-9-4-7-18(2)13-20)30-25(29-23)27-22-11-5-10-21(26)16-22/h3-13,16H,14-15H2,1-2H3,(H,27,28,29,30). The second-order valence-electron chi connectivity index (χ2n) is 7.46. The average Bonchev–Trinajstić information content (AvgIpc) is 2.68. The molecule has 0 saturated heterocycles. The van der Waals surface area contributed by atoms with Gasteiger partial charge in [0, 0.05) is 23.6 Å². The Labute approximate surface area is 182 Å². The summed E-state index contributed by atoms with van der Waals surface area (Å²) < 4.78 is 0. The van der Waals surface area contributed by atoms with Gasteiger partial charge in [0.2, 0.25) is 5.95 Å². The van der Waals surface area contributed by atoms with Crippen LogP contribution in [0.1, 0.15) is 33.9 Å². The summed E-state index contributed by atoms with van der Waals surface area (Å²) in [7, 11) is 0. The summed E-state index contributed by atoms with van der Waals surface area (Å²) in [6.45, 7) is 4.18. The molecule has 0 aliphatic carbocycles. The van der Waals surface area contributed by atoms with E-state index in [9.17, 15) is 0 Å². The number of aromatic nitrogens is 3. The van der Waals surface area contributed by atoms with Crippen LogP contribution >= 0.6 is 11.6 Å². The van der Waals surface area contributed by atoms with Crippen LogP contribution in [0.25, 0.3) is 0 Å². The van der Waals surface area contributed by atoms with Gasteiger partial charge in [0.15, 0.2) is 0 Å². The molecule has 0 spiro atoms. The van der Waals surface area contributed by atoms with Crippen LogP contribution in [0, 0.1) is 13.8 Å². The quantitative estimate of drug-likeness (QED) is 0.416. The van der Waals surface area contributed by atoms with Gasteiger partial charge in [-0.3, -0.25) is 0 Å². The van der Waals surface area contributed by atoms with E-state index in [-0.39, 0.29) is 0 Å². The van der Waals surface area contributed by atoms with E-state index in [2.05, 4.69) is 77.7 Å². The first-order valence-corrected chi connectivity index (χ1v) is 10.3. The highest BCUT2D eigenvalue weighted by atomic mass is 35.5. The molecule has 0 aliphatic rings. The predicted molar refractivity (Wildman–Crippen MR) is 123 cm³/mol. The highest BCUT2D eigenvalue weighted by Crippen LogP contribution is 2.19. The molecular weight excluding hydrogens is 392 g/mol. The topological polar surface area (TPSA) is 50.7 Å². The molecular formula is C25H23ClN4. The first-order chi connectivity index (χ1) is 14.5. The van der Waals surface area contributed by atoms with Crippen molar-refractivity contribution in [1.82, 2.24) is 15.0 Å². The molecule has 0 radical (unpaired) electrons. The zero-order valence-corrected chi connectivity index (χ0v) is 17.8.